The van der Waals surface area contributed by atoms with Gasteiger partial charge in [-0.2, -0.15) is 0 Å². The van der Waals surface area contributed by atoms with Gasteiger partial charge in [0.15, 0.2) is 0 Å². The number of carbonyl (C=O) groups excluding carboxylic acids is 1. The van der Waals surface area contributed by atoms with Crippen molar-refractivity contribution < 1.29 is 19.4 Å². The summed E-state index contributed by atoms with van der Waals surface area (Å²) in [5.41, 5.74) is -0.576. The van der Waals surface area contributed by atoms with Crippen LogP contribution in [0.5, 0.6) is 0 Å². The Hall–Kier alpha value is -1.26. The van der Waals surface area contributed by atoms with Crippen LogP contribution in [0.1, 0.15) is 27.2 Å². The van der Waals surface area contributed by atoms with Crippen LogP contribution in [-0.4, -0.2) is 40.3 Å². The molecule has 90 valence electrons. The highest BCUT2D eigenvalue weighted by atomic mass is 16.6. The fourth-order valence-corrected chi connectivity index (χ4v) is 2.29. The molecule has 1 aliphatic carbocycles. The van der Waals surface area contributed by atoms with Gasteiger partial charge in [-0.15, -0.1) is 0 Å². The number of likely N-dealkylation sites (tertiary alicyclic amines) is 1. The van der Waals surface area contributed by atoms with Gasteiger partial charge in [0, 0.05) is 6.54 Å². The maximum Gasteiger partial charge on any atom is 0.411 e. The van der Waals surface area contributed by atoms with E-state index in [4.69, 9.17) is 9.84 Å². The van der Waals surface area contributed by atoms with Gasteiger partial charge in [-0.3, -0.25) is 4.90 Å². The number of aliphatic carboxylic acids is 1. The van der Waals surface area contributed by atoms with Gasteiger partial charge < -0.3 is 9.84 Å². The number of carbonyl (C=O) groups is 2. The van der Waals surface area contributed by atoms with Crippen LogP contribution in [0.3, 0.4) is 0 Å². The molecule has 5 nitrogen and oxygen atoms in total. The third-order valence-corrected chi connectivity index (χ3v) is 3.03. The molecule has 1 saturated heterocycles. The van der Waals surface area contributed by atoms with E-state index in [0.717, 1.165) is 6.42 Å². The van der Waals surface area contributed by atoms with Crippen molar-refractivity contribution in [3.8, 4) is 0 Å². The molecule has 2 rings (SSSR count). The zero-order valence-corrected chi connectivity index (χ0v) is 9.77. The van der Waals surface area contributed by atoms with E-state index in [-0.39, 0.29) is 5.92 Å². The van der Waals surface area contributed by atoms with Gasteiger partial charge in [0.05, 0.1) is 0 Å². The second-order valence-corrected chi connectivity index (χ2v) is 5.58. The molecule has 1 aliphatic heterocycles. The van der Waals surface area contributed by atoms with Gasteiger partial charge in [0.2, 0.25) is 0 Å². The summed E-state index contributed by atoms with van der Waals surface area (Å²) in [6, 6.07) is -0.681. The first-order valence-corrected chi connectivity index (χ1v) is 5.52. The van der Waals surface area contributed by atoms with Crippen LogP contribution in [0.25, 0.3) is 0 Å². The Balaban J connectivity index is 2.04. The van der Waals surface area contributed by atoms with E-state index in [1.165, 1.54) is 4.90 Å². The number of nitrogens with zero attached hydrogens (tertiary/aromatic N) is 1. The van der Waals surface area contributed by atoms with Crippen molar-refractivity contribution in [2.75, 3.05) is 6.54 Å². The first-order chi connectivity index (χ1) is 7.29. The summed E-state index contributed by atoms with van der Waals surface area (Å²) in [6.07, 6.45) is 0.420. The fourth-order valence-electron chi connectivity index (χ4n) is 2.29. The molecule has 2 fully saturated rings. The van der Waals surface area contributed by atoms with Gasteiger partial charge in [-0.25, -0.2) is 9.59 Å². The van der Waals surface area contributed by atoms with E-state index >= 15 is 0 Å². The van der Waals surface area contributed by atoms with Gasteiger partial charge in [-0.05, 0) is 39.0 Å². The Labute approximate surface area is 94.4 Å². The summed E-state index contributed by atoms with van der Waals surface area (Å²) in [5.74, 6) is -0.408. The van der Waals surface area contributed by atoms with Crippen molar-refractivity contribution in [2.45, 2.75) is 38.8 Å². The lowest BCUT2D eigenvalue weighted by atomic mass is 10.2. The zero-order valence-electron chi connectivity index (χ0n) is 9.77. The molecule has 16 heavy (non-hydrogen) atoms. The van der Waals surface area contributed by atoms with Gasteiger partial charge in [-0.1, -0.05) is 0 Å². The van der Waals surface area contributed by atoms with Crippen LogP contribution in [0, 0.1) is 11.8 Å². The Morgan fingerprint density at radius 3 is 2.50 bits per heavy atom. The van der Waals surface area contributed by atoms with Crippen LogP contribution >= 0.6 is 0 Å². The first-order valence-electron chi connectivity index (χ1n) is 5.52. The number of fused-ring (bicyclic) bond motifs is 1. The molecule has 1 heterocycles. The summed E-state index contributed by atoms with van der Waals surface area (Å²) in [5, 5.41) is 9.08. The molecule has 2 aliphatic rings. The number of hydrogen-bond acceptors (Lipinski definition) is 3. The van der Waals surface area contributed by atoms with Gasteiger partial charge >= 0.3 is 12.1 Å². The molecule has 1 unspecified atom stereocenters. The molecule has 0 aromatic carbocycles. The van der Waals surface area contributed by atoms with E-state index < -0.39 is 23.7 Å². The molecule has 5 heteroatoms. The minimum atomic E-state index is -0.921. The minimum absolute atomic E-state index is 0.144. The smallest absolute Gasteiger partial charge is 0.411 e. The molecule has 0 spiro atoms. The maximum atomic E-state index is 11.8. The Morgan fingerprint density at radius 1 is 1.38 bits per heavy atom. The van der Waals surface area contributed by atoms with Crippen LogP contribution in [-0.2, 0) is 9.53 Å². The Bertz CT molecular complexity index is 333. The lowest BCUT2D eigenvalue weighted by Gasteiger charge is -2.28. The second kappa shape index (κ2) is 3.37. The zero-order chi connectivity index (χ0) is 12.1. The molecule has 1 saturated carbocycles. The van der Waals surface area contributed by atoms with Crippen molar-refractivity contribution in [3.05, 3.63) is 0 Å². The van der Waals surface area contributed by atoms with E-state index in [1.807, 2.05) is 0 Å². The Morgan fingerprint density at radius 2 is 2.00 bits per heavy atom. The number of carboxylic acid groups (broad SMARTS) is 1. The molecule has 0 aromatic heterocycles. The molecule has 1 N–H and O–H groups in total. The van der Waals surface area contributed by atoms with E-state index in [2.05, 4.69) is 0 Å². The molecular weight excluding hydrogens is 210 g/mol. The SMILES string of the molecule is CC(C)(C)OC(=O)N1C[C@@H]2C[C@@H]2C1C(=O)O. The van der Waals surface area contributed by atoms with Crippen molar-refractivity contribution in [1.29, 1.82) is 0 Å². The molecule has 0 radical (unpaired) electrons. The highest BCUT2D eigenvalue weighted by molar-refractivity contribution is 5.82. The van der Waals surface area contributed by atoms with Crippen molar-refractivity contribution in [3.63, 3.8) is 0 Å². The fraction of sp³-hybridized carbons (Fsp3) is 0.818. The van der Waals surface area contributed by atoms with Crippen LogP contribution in [0.2, 0.25) is 0 Å². The van der Waals surface area contributed by atoms with Crippen LogP contribution < -0.4 is 0 Å². The average Bonchev–Trinajstić information content (AvgIpc) is 2.73. The topological polar surface area (TPSA) is 66.8 Å². The lowest BCUT2D eigenvalue weighted by Crippen LogP contribution is -2.45. The second-order valence-electron chi connectivity index (χ2n) is 5.58. The highest BCUT2D eigenvalue weighted by Crippen LogP contribution is 2.49. The largest absolute Gasteiger partial charge is 0.480 e. The normalized spacial score (nSPS) is 32.2. The lowest BCUT2D eigenvalue weighted by molar-refractivity contribution is -0.142. The quantitative estimate of drug-likeness (QED) is 0.733. The first kappa shape index (κ1) is 11.2. The third kappa shape index (κ3) is 1.99. The number of hydrogen-bond donors (Lipinski definition) is 1. The van der Waals surface area contributed by atoms with Crippen LogP contribution in [0.15, 0.2) is 0 Å². The third-order valence-electron chi connectivity index (χ3n) is 3.03. The van der Waals surface area contributed by atoms with Gasteiger partial charge in [0.1, 0.15) is 11.6 Å². The van der Waals surface area contributed by atoms with E-state index in [9.17, 15) is 9.59 Å². The maximum absolute atomic E-state index is 11.8. The van der Waals surface area contributed by atoms with Crippen molar-refractivity contribution in [1.82, 2.24) is 4.90 Å². The van der Waals surface area contributed by atoms with Crippen molar-refractivity contribution >= 4 is 12.1 Å². The summed E-state index contributed by atoms with van der Waals surface area (Å²) >= 11 is 0. The van der Waals surface area contributed by atoms with Gasteiger partial charge in [0.25, 0.3) is 0 Å². The monoisotopic (exact) mass is 227 g/mol. The number of amides is 1. The summed E-state index contributed by atoms with van der Waals surface area (Å²) in [7, 11) is 0. The van der Waals surface area contributed by atoms with Crippen LogP contribution in [0.4, 0.5) is 4.79 Å². The molecule has 3 atom stereocenters. The standard InChI is InChI=1S/C11H17NO4/c1-11(2,3)16-10(15)12-5-6-4-7(6)8(12)9(13)14/h6-8H,4-5H2,1-3H3,(H,13,14)/t6-,7-,8?/m0/s1. The molecule has 1 amide bonds. The molecule has 0 aromatic rings. The summed E-state index contributed by atoms with van der Waals surface area (Å²) in [6.45, 7) is 5.85. The number of ether oxygens (including phenoxy) is 1. The summed E-state index contributed by atoms with van der Waals surface area (Å²) < 4.78 is 5.19. The number of rotatable bonds is 1. The number of carboxylic acids is 1. The predicted molar refractivity (Wildman–Crippen MR) is 56.0 cm³/mol. The van der Waals surface area contributed by atoms with E-state index in [1.54, 1.807) is 20.8 Å². The molecule has 0 bridgehead atoms. The summed E-state index contributed by atoms with van der Waals surface area (Å²) in [4.78, 5) is 24.2. The van der Waals surface area contributed by atoms with Crippen molar-refractivity contribution in [2.24, 2.45) is 11.8 Å². The predicted octanol–water partition coefficient (Wildman–Crippen LogP) is 1.33. The molecular formula is C11H17NO4. The van der Waals surface area contributed by atoms with E-state index in [0.29, 0.717) is 12.5 Å². The highest BCUT2D eigenvalue weighted by Gasteiger charge is 2.57. The minimum Gasteiger partial charge on any atom is -0.480 e. The number of piperidine rings is 1. The Kier molecular flexibility index (Phi) is 2.36. The average molecular weight is 227 g/mol.